The fraction of sp³-hybridized carbons (Fsp3) is 0.783. The molecule has 0 bridgehead atoms. The zero-order chi connectivity index (χ0) is 17.7. The van der Waals surface area contributed by atoms with E-state index in [0.29, 0.717) is 10.8 Å². The van der Waals surface area contributed by atoms with Crippen LogP contribution in [0.5, 0.6) is 0 Å². The van der Waals surface area contributed by atoms with Crippen molar-refractivity contribution in [2.45, 2.75) is 78.1 Å². The van der Waals surface area contributed by atoms with Crippen LogP contribution >= 0.6 is 0 Å². The van der Waals surface area contributed by atoms with E-state index in [-0.39, 0.29) is 0 Å². The summed E-state index contributed by atoms with van der Waals surface area (Å²) in [4.78, 5) is 0. The van der Waals surface area contributed by atoms with Gasteiger partial charge in [-0.15, -0.1) is 12.3 Å². The van der Waals surface area contributed by atoms with Crippen molar-refractivity contribution >= 4 is 5.71 Å². The van der Waals surface area contributed by atoms with Gasteiger partial charge in [-0.2, -0.15) is 0 Å². The smallest absolute Gasteiger partial charge is 0.0795 e. The molecule has 4 rings (SSSR count). The summed E-state index contributed by atoms with van der Waals surface area (Å²) in [5.74, 6) is 6.35. The maximum atomic E-state index is 9.18. The van der Waals surface area contributed by atoms with E-state index in [1.807, 2.05) is 0 Å². The van der Waals surface area contributed by atoms with E-state index < -0.39 is 0 Å². The quantitative estimate of drug-likeness (QED) is 0.384. The summed E-state index contributed by atoms with van der Waals surface area (Å²) in [5.41, 5.74) is 3.33. The van der Waals surface area contributed by atoms with Gasteiger partial charge in [-0.1, -0.05) is 24.6 Å². The van der Waals surface area contributed by atoms with Gasteiger partial charge in [-0.3, -0.25) is 0 Å². The Kier molecular flexibility index (Phi) is 4.25. The monoisotopic (exact) mass is 339 g/mol. The van der Waals surface area contributed by atoms with Gasteiger partial charge in [0.15, 0.2) is 0 Å². The van der Waals surface area contributed by atoms with Crippen molar-refractivity contribution in [1.29, 1.82) is 0 Å². The van der Waals surface area contributed by atoms with Crippen molar-refractivity contribution in [2.24, 2.45) is 39.7 Å². The Morgan fingerprint density at radius 2 is 2.00 bits per heavy atom. The molecule has 25 heavy (non-hydrogen) atoms. The van der Waals surface area contributed by atoms with E-state index in [0.717, 1.165) is 42.2 Å². The summed E-state index contributed by atoms with van der Waals surface area (Å²) in [6.45, 7) is 5.10. The Balaban J connectivity index is 1.60. The average Bonchev–Trinajstić information content (AvgIpc) is 2.95. The van der Waals surface area contributed by atoms with Gasteiger partial charge in [0.05, 0.1) is 5.71 Å². The SMILES string of the molecule is C#CCC[C@H]1CC[C@H]2[C@@H]3CCC4=CC(=NO)CC[C@]4(C)[C@H]3CC[C@]12C. The van der Waals surface area contributed by atoms with Crippen LogP contribution in [0.4, 0.5) is 0 Å². The lowest BCUT2D eigenvalue weighted by Crippen LogP contribution is -2.50. The van der Waals surface area contributed by atoms with Crippen LogP contribution in [0.25, 0.3) is 0 Å². The highest BCUT2D eigenvalue weighted by molar-refractivity contribution is 5.96. The molecule has 1 N–H and O–H groups in total. The van der Waals surface area contributed by atoms with Gasteiger partial charge in [0, 0.05) is 6.42 Å². The average molecular weight is 340 g/mol. The molecule has 136 valence electrons. The number of rotatable bonds is 2. The largest absolute Gasteiger partial charge is 0.411 e. The second kappa shape index (κ2) is 6.19. The fourth-order valence-electron chi connectivity index (χ4n) is 7.49. The van der Waals surface area contributed by atoms with Crippen molar-refractivity contribution in [3.63, 3.8) is 0 Å². The van der Waals surface area contributed by atoms with Crippen LogP contribution in [0.15, 0.2) is 16.8 Å². The molecule has 0 radical (unpaired) electrons. The van der Waals surface area contributed by atoms with Crippen molar-refractivity contribution in [1.82, 2.24) is 0 Å². The van der Waals surface area contributed by atoms with Crippen LogP contribution in [0, 0.1) is 46.8 Å². The third kappa shape index (κ3) is 2.49. The molecule has 0 aliphatic heterocycles. The molecule has 0 aromatic rings. The van der Waals surface area contributed by atoms with Gasteiger partial charge in [-0.05, 0) is 98.4 Å². The zero-order valence-corrected chi connectivity index (χ0v) is 15.9. The molecule has 4 aliphatic carbocycles. The highest BCUT2D eigenvalue weighted by atomic mass is 16.4. The first-order valence-electron chi connectivity index (χ1n) is 10.4. The highest BCUT2D eigenvalue weighted by Crippen LogP contribution is 2.67. The Bertz CT molecular complexity index is 641. The third-order valence-electron chi connectivity index (χ3n) is 8.94. The Morgan fingerprint density at radius 3 is 2.76 bits per heavy atom. The summed E-state index contributed by atoms with van der Waals surface area (Å²) in [6, 6.07) is 0. The van der Waals surface area contributed by atoms with Crippen molar-refractivity contribution in [2.75, 3.05) is 0 Å². The summed E-state index contributed by atoms with van der Waals surface area (Å²) in [6.07, 6.45) is 20.2. The molecule has 0 aromatic heterocycles. The third-order valence-corrected chi connectivity index (χ3v) is 8.94. The number of nitrogens with zero attached hydrogens (tertiary/aromatic N) is 1. The summed E-state index contributed by atoms with van der Waals surface area (Å²) in [7, 11) is 0. The predicted octanol–water partition coefficient (Wildman–Crippen LogP) is 5.81. The van der Waals surface area contributed by atoms with Crippen LogP contribution in [-0.4, -0.2) is 10.9 Å². The van der Waals surface area contributed by atoms with Gasteiger partial charge in [0.2, 0.25) is 0 Å². The molecule has 2 heteroatoms. The Hall–Kier alpha value is -1.23. The fourth-order valence-corrected chi connectivity index (χ4v) is 7.49. The maximum Gasteiger partial charge on any atom is 0.0795 e. The topological polar surface area (TPSA) is 32.6 Å². The number of hydrogen-bond acceptors (Lipinski definition) is 2. The molecule has 0 saturated heterocycles. The lowest BCUT2D eigenvalue weighted by molar-refractivity contribution is -0.0498. The van der Waals surface area contributed by atoms with Crippen LogP contribution in [0.3, 0.4) is 0 Å². The maximum absolute atomic E-state index is 9.18. The first kappa shape index (κ1) is 17.2. The summed E-state index contributed by atoms with van der Waals surface area (Å²) >= 11 is 0. The minimum absolute atomic E-state index is 0.343. The molecule has 0 heterocycles. The minimum atomic E-state index is 0.343. The van der Waals surface area contributed by atoms with E-state index in [9.17, 15) is 5.21 Å². The van der Waals surface area contributed by atoms with Crippen molar-refractivity contribution < 1.29 is 5.21 Å². The second-order valence-electron chi connectivity index (χ2n) is 9.66. The molecule has 0 unspecified atom stereocenters. The molecule has 0 spiro atoms. The Labute approximate surface area is 153 Å². The number of oxime groups is 1. The molecule has 3 fully saturated rings. The molecule has 6 atom stereocenters. The molecule has 4 aliphatic rings. The van der Waals surface area contributed by atoms with Gasteiger partial charge < -0.3 is 5.21 Å². The standard InChI is InChI=1S/C23H33NO/c1-4-5-6-16-8-10-20-19-9-7-17-15-18(24-25)11-13-23(17,3)21(19)12-14-22(16,20)2/h1,15-16,19-21,25H,5-14H2,2-3H3/t16-,19-,20-,21-,22+,23-/m0/s1. The second-order valence-corrected chi connectivity index (χ2v) is 9.66. The van der Waals surface area contributed by atoms with Gasteiger partial charge >= 0.3 is 0 Å². The van der Waals surface area contributed by atoms with Gasteiger partial charge in [0.1, 0.15) is 0 Å². The van der Waals surface area contributed by atoms with E-state index in [1.165, 1.54) is 51.4 Å². The number of hydrogen-bond donors (Lipinski definition) is 1. The van der Waals surface area contributed by atoms with Crippen LogP contribution < -0.4 is 0 Å². The van der Waals surface area contributed by atoms with Crippen molar-refractivity contribution in [3.05, 3.63) is 11.6 Å². The summed E-state index contributed by atoms with van der Waals surface area (Å²) in [5, 5.41) is 12.7. The van der Waals surface area contributed by atoms with Crippen LogP contribution in [0.1, 0.15) is 78.1 Å². The number of fused-ring (bicyclic) bond motifs is 5. The minimum Gasteiger partial charge on any atom is -0.411 e. The Morgan fingerprint density at radius 1 is 1.16 bits per heavy atom. The first-order chi connectivity index (χ1) is 12.0. The van der Waals surface area contributed by atoms with Crippen molar-refractivity contribution in [3.8, 4) is 12.3 Å². The zero-order valence-electron chi connectivity index (χ0n) is 15.9. The van der Waals surface area contributed by atoms with Gasteiger partial charge in [0.25, 0.3) is 0 Å². The normalized spacial score (nSPS) is 47.4. The number of terminal acetylenes is 1. The van der Waals surface area contributed by atoms with E-state index in [4.69, 9.17) is 6.42 Å². The van der Waals surface area contributed by atoms with Crippen LogP contribution in [0.2, 0.25) is 0 Å². The predicted molar refractivity (Wildman–Crippen MR) is 102 cm³/mol. The molecule has 0 amide bonds. The van der Waals surface area contributed by atoms with E-state index in [1.54, 1.807) is 5.57 Å². The molecule has 0 aromatic carbocycles. The van der Waals surface area contributed by atoms with Gasteiger partial charge in [-0.25, -0.2) is 0 Å². The van der Waals surface area contributed by atoms with E-state index in [2.05, 4.69) is 31.0 Å². The lowest BCUT2D eigenvalue weighted by atomic mass is 9.46. The highest BCUT2D eigenvalue weighted by Gasteiger charge is 2.58. The van der Waals surface area contributed by atoms with E-state index >= 15 is 0 Å². The molecule has 3 saturated carbocycles. The van der Waals surface area contributed by atoms with Crippen LogP contribution in [-0.2, 0) is 0 Å². The number of allylic oxidation sites excluding steroid dienone is 2. The lowest BCUT2D eigenvalue weighted by Gasteiger charge is -2.58. The molecular formula is C23H33NO. The first-order valence-corrected chi connectivity index (χ1v) is 10.4. The molecular weight excluding hydrogens is 306 g/mol. The summed E-state index contributed by atoms with van der Waals surface area (Å²) < 4.78 is 0. The molecule has 2 nitrogen and oxygen atoms in total.